The zero-order valence-electron chi connectivity index (χ0n) is 17.5. The SMILES string of the molecule is COc1cc(C)c2nc(-c3ccc(N(C)C(=O)c4ccnn4C)c(C)c3)ncc2n1. The van der Waals surface area contributed by atoms with E-state index in [-0.39, 0.29) is 5.91 Å². The third-order valence-corrected chi connectivity index (χ3v) is 5.08. The summed E-state index contributed by atoms with van der Waals surface area (Å²) in [5.41, 5.74) is 5.59. The number of hydrogen-bond acceptors (Lipinski definition) is 6. The van der Waals surface area contributed by atoms with Gasteiger partial charge in [0.1, 0.15) is 11.2 Å². The Labute approximate surface area is 174 Å². The van der Waals surface area contributed by atoms with Crippen LogP contribution in [0.25, 0.3) is 22.4 Å². The summed E-state index contributed by atoms with van der Waals surface area (Å²) in [7, 11) is 5.09. The summed E-state index contributed by atoms with van der Waals surface area (Å²) >= 11 is 0. The van der Waals surface area contributed by atoms with Crippen LogP contribution in [-0.2, 0) is 7.05 Å². The average molecular weight is 402 g/mol. The number of benzene rings is 1. The summed E-state index contributed by atoms with van der Waals surface area (Å²) in [5.74, 6) is 1.02. The van der Waals surface area contributed by atoms with E-state index in [2.05, 4.69) is 15.1 Å². The van der Waals surface area contributed by atoms with Crippen molar-refractivity contribution in [2.24, 2.45) is 7.05 Å². The van der Waals surface area contributed by atoms with Crippen LogP contribution in [0.3, 0.4) is 0 Å². The van der Waals surface area contributed by atoms with Gasteiger partial charge in [-0.25, -0.2) is 15.0 Å². The number of nitrogens with zero attached hydrogens (tertiary/aromatic N) is 6. The molecule has 30 heavy (non-hydrogen) atoms. The van der Waals surface area contributed by atoms with Crippen LogP contribution in [-0.4, -0.2) is 44.8 Å². The molecule has 0 N–H and O–H groups in total. The Balaban J connectivity index is 1.68. The number of carbonyl (C=O) groups is 1. The predicted octanol–water partition coefficient (Wildman–Crippen LogP) is 3.33. The number of methoxy groups -OCH3 is 1. The first-order valence-electron chi connectivity index (χ1n) is 9.44. The molecule has 0 aliphatic carbocycles. The summed E-state index contributed by atoms with van der Waals surface area (Å²) in [4.78, 5) is 28.0. The lowest BCUT2D eigenvalue weighted by Crippen LogP contribution is -2.28. The van der Waals surface area contributed by atoms with Gasteiger partial charge in [0, 0.05) is 37.6 Å². The number of aromatic nitrogens is 5. The Bertz CT molecular complexity index is 1260. The summed E-state index contributed by atoms with van der Waals surface area (Å²) in [6.07, 6.45) is 3.31. The van der Waals surface area contributed by atoms with Crippen LogP contribution < -0.4 is 9.64 Å². The molecular weight excluding hydrogens is 380 g/mol. The monoisotopic (exact) mass is 402 g/mol. The van der Waals surface area contributed by atoms with Gasteiger partial charge in [0.2, 0.25) is 5.88 Å². The molecule has 3 aromatic heterocycles. The normalized spacial score (nSPS) is 11.0. The molecule has 0 radical (unpaired) electrons. The second-order valence-corrected chi connectivity index (χ2v) is 7.11. The van der Waals surface area contributed by atoms with Crippen LogP contribution >= 0.6 is 0 Å². The number of fused-ring (bicyclic) bond motifs is 1. The topological polar surface area (TPSA) is 86.0 Å². The number of pyridine rings is 1. The predicted molar refractivity (Wildman–Crippen MR) is 115 cm³/mol. The van der Waals surface area contributed by atoms with E-state index in [0.717, 1.165) is 27.9 Å². The van der Waals surface area contributed by atoms with Crippen molar-refractivity contribution < 1.29 is 9.53 Å². The number of rotatable bonds is 4. The van der Waals surface area contributed by atoms with E-state index in [4.69, 9.17) is 9.72 Å². The number of carbonyl (C=O) groups excluding carboxylic acids is 1. The lowest BCUT2D eigenvalue weighted by atomic mass is 10.1. The molecule has 0 aliphatic rings. The number of ether oxygens (including phenoxy) is 1. The Morgan fingerprint density at radius 3 is 2.57 bits per heavy atom. The highest BCUT2D eigenvalue weighted by atomic mass is 16.5. The third kappa shape index (κ3) is 3.36. The van der Waals surface area contributed by atoms with Gasteiger partial charge in [-0.1, -0.05) is 0 Å². The van der Waals surface area contributed by atoms with E-state index in [1.54, 1.807) is 49.2 Å². The van der Waals surface area contributed by atoms with Crippen LogP contribution in [0.5, 0.6) is 5.88 Å². The van der Waals surface area contributed by atoms with Gasteiger partial charge in [0.15, 0.2) is 5.82 Å². The molecule has 1 aromatic carbocycles. The van der Waals surface area contributed by atoms with E-state index in [0.29, 0.717) is 22.9 Å². The molecule has 8 heteroatoms. The van der Waals surface area contributed by atoms with Crippen molar-refractivity contribution in [3.8, 4) is 17.3 Å². The molecule has 152 valence electrons. The van der Waals surface area contributed by atoms with Gasteiger partial charge in [0.25, 0.3) is 5.91 Å². The Morgan fingerprint density at radius 2 is 1.90 bits per heavy atom. The molecule has 8 nitrogen and oxygen atoms in total. The van der Waals surface area contributed by atoms with Crippen molar-refractivity contribution in [1.29, 1.82) is 0 Å². The summed E-state index contributed by atoms with van der Waals surface area (Å²) in [6, 6.07) is 9.37. The fraction of sp³-hybridized carbons (Fsp3) is 0.227. The maximum atomic E-state index is 12.8. The zero-order valence-corrected chi connectivity index (χ0v) is 17.5. The molecule has 0 saturated heterocycles. The van der Waals surface area contributed by atoms with Crippen molar-refractivity contribution in [3.05, 3.63) is 59.5 Å². The van der Waals surface area contributed by atoms with Crippen molar-refractivity contribution in [2.75, 3.05) is 19.1 Å². The Morgan fingerprint density at radius 1 is 1.10 bits per heavy atom. The van der Waals surface area contributed by atoms with Crippen LogP contribution in [0.15, 0.2) is 42.7 Å². The summed E-state index contributed by atoms with van der Waals surface area (Å²) < 4.78 is 6.78. The first-order valence-corrected chi connectivity index (χ1v) is 9.44. The lowest BCUT2D eigenvalue weighted by molar-refractivity contribution is 0.0984. The van der Waals surface area contributed by atoms with Gasteiger partial charge in [-0.15, -0.1) is 0 Å². The van der Waals surface area contributed by atoms with Gasteiger partial charge in [-0.05, 0) is 49.2 Å². The highest BCUT2D eigenvalue weighted by molar-refractivity contribution is 6.05. The van der Waals surface area contributed by atoms with E-state index < -0.39 is 0 Å². The standard InChI is InChI=1S/C22H22N6O2/c1-13-10-15(6-7-17(13)27(3)22(29)18-8-9-24-28(18)4)21-23-12-16-20(26-21)14(2)11-19(25-16)30-5/h6-12H,1-5H3. The second kappa shape index (κ2) is 7.55. The minimum Gasteiger partial charge on any atom is -0.481 e. The second-order valence-electron chi connectivity index (χ2n) is 7.11. The first-order chi connectivity index (χ1) is 14.4. The molecule has 1 amide bonds. The largest absolute Gasteiger partial charge is 0.481 e. The molecule has 0 atom stereocenters. The van der Waals surface area contributed by atoms with Crippen LogP contribution in [0.2, 0.25) is 0 Å². The lowest BCUT2D eigenvalue weighted by Gasteiger charge is -2.20. The molecule has 0 bridgehead atoms. The van der Waals surface area contributed by atoms with Gasteiger partial charge >= 0.3 is 0 Å². The molecular formula is C22H22N6O2. The van der Waals surface area contributed by atoms with Crippen molar-refractivity contribution in [1.82, 2.24) is 24.7 Å². The first kappa shape index (κ1) is 19.5. The number of aryl methyl sites for hydroxylation is 3. The van der Waals surface area contributed by atoms with Crippen molar-refractivity contribution in [3.63, 3.8) is 0 Å². The fourth-order valence-corrected chi connectivity index (χ4v) is 3.43. The van der Waals surface area contributed by atoms with Gasteiger partial charge in [-0.3, -0.25) is 9.48 Å². The van der Waals surface area contributed by atoms with E-state index in [1.807, 2.05) is 38.1 Å². The summed E-state index contributed by atoms with van der Waals surface area (Å²) in [5, 5.41) is 4.07. The van der Waals surface area contributed by atoms with Gasteiger partial charge in [0.05, 0.1) is 18.8 Å². The summed E-state index contributed by atoms with van der Waals surface area (Å²) in [6.45, 7) is 3.93. The molecule has 4 aromatic rings. The quantitative estimate of drug-likeness (QED) is 0.520. The molecule has 0 unspecified atom stereocenters. The van der Waals surface area contributed by atoms with Crippen LogP contribution in [0.4, 0.5) is 5.69 Å². The van der Waals surface area contributed by atoms with E-state index >= 15 is 0 Å². The minimum atomic E-state index is -0.122. The maximum Gasteiger partial charge on any atom is 0.276 e. The minimum absolute atomic E-state index is 0.122. The van der Waals surface area contributed by atoms with Crippen LogP contribution in [0, 0.1) is 13.8 Å². The molecule has 0 spiro atoms. The third-order valence-electron chi connectivity index (χ3n) is 5.08. The highest BCUT2D eigenvalue weighted by Crippen LogP contribution is 2.27. The molecule has 0 fully saturated rings. The fourth-order valence-electron chi connectivity index (χ4n) is 3.43. The number of anilines is 1. The number of amides is 1. The average Bonchev–Trinajstić information content (AvgIpc) is 3.18. The van der Waals surface area contributed by atoms with Crippen molar-refractivity contribution in [2.45, 2.75) is 13.8 Å². The molecule has 3 heterocycles. The van der Waals surface area contributed by atoms with Gasteiger partial charge < -0.3 is 9.64 Å². The Kier molecular flexibility index (Phi) is 4.91. The Hall–Kier alpha value is -3.81. The molecule has 0 saturated carbocycles. The molecule has 0 aliphatic heterocycles. The van der Waals surface area contributed by atoms with Gasteiger partial charge in [-0.2, -0.15) is 5.10 Å². The highest BCUT2D eigenvalue weighted by Gasteiger charge is 2.19. The smallest absolute Gasteiger partial charge is 0.276 e. The zero-order chi connectivity index (χ0) is 21.4. The molecule has 4 rings (SSSR count). The van der Waals surface area contributed by atoms with Crippen LogP contribution in [0.1, 0.15) is 21.6 Å². The number of hydrogen-bond donors (Lipinski definition) is 0. The van der Waals surface area contributed by atoms with Crippen molar-refractivity contribution >= 4 is 22.6 Å². The maximum absolute atomic E-state index is 12.8. The van der Waals surface area contributed by atoms with E-state index in [1.165, 1.54) is 0 Å². The van der Waals surface area contributed by atoms with E-state index in [9.17, 15) is 4.79 Å².